The number of alkyl carbamates (subject to hydrolysis) is 1. The minimum absolute atomic E-state index is 0.252. The van der Waals surface area contributed by atoms with Crippen LogP contribution in [0.4, 0.5) is 10.5 Å². The van der Waals surface area contributed by atoms with E-state index in [9.17, 15) is 4.79 Å². The van der Waals surface area contributed by atoms with Crippen molar-refractivity contribution >= 4 is 56.2 Å². The van der Waals surface area contributed by atoms with Crippen molar-refractivity contribution in [2.75, 3.05) is 12.4 Å². The summed E-state index contributed by atoms with van der Waals surface area (Å²) in [4.78, 5) is 16.1. The third-order valence-electron chi connectivity index (χ3n) is 3.36. The van der Waals surface area contributed by atoms with E-state index < -0.39 is 6.09 Å². The SMILES string of the molecule is CCOC(=O)NC(=Nc1cc2c(c(Br)c1Cl)COC2CC#N)SCC. The second-order valence-electron chi connectivity index (χ2n) is 4.95. The third-order valence-corrected chi connectivity index (χ3v) is 5.60. The van der Waals surface area contributed by atoms with Crippen molar-refractivity contribution in [2.24, 2.45) is 4.99 Å². The van der Waals surface area contributed by atoms with Crippen molar-refractivity contribution in [2.45, 2.75) is 33.0 Å². The summed E-state index contributed by atoms with van der Waals surface area (Å²) in [6.45, 7) is 4.34. The number of nitrogens with one attached hydrogen (secondary N) is 1. The number of amidine groups is 1. The van der Waals surface area contributed by atoms with Crippen LogP contribution in [0.2, 0.25) is 5.02 Å². The summed E-state index contributed by atoms with van der Waals surface area (Å²) in [5.74, 6) is 0.717. The van der Waals surface area contributed by atoms with E-state index in [2.05, 4.69) is 32.3 Å². The van der Waals surface area contributed by atoms with Gasteiger partial charge in [-0.05, 0) is 45.8 Å². The Balaban J connectivity index is 2.39. The van der Waals surface area contributed by atoms with Crippen LogP contribution in [0.1, 0.15) is 37.5 Å². The molecule has 1 unspecified atom stereocenters. The molecule has 0 fully saturated rings. The number of halogens is 2. The van der Waals surface area contributed by atoms with Gasteiger partial charge in [0.2, 0.25) is 0 Å². The summed E-state index contributed by atoms with van der Waals surface area (Å²) in [5.41, 5.74) is 2.30. The lowest BCUT2D eigenvalue weighted by molar-refractivity contribution is 0.0694. The predicted octanol–water partition coefficient (Wildman–Crippen LogP) is 5.07. The zero-order valence-electron chi connectivity index (χ0n) is 13.8. The number of ether oxygens (including phenoxy) is 2. The van der Waals surface area contributed by atoms with Gasteiger partial charge in [0, 0.05) is 4.47 Å². The molecule has 6 nitrogen and oxygen atoms in total. The van der Waals surface area contributed by atoms with E-state index in [0.717, 1.165) is 16.9 Å². The van der Waals surface area contributed by atoms with Crippen LogP contribution >= 0.6 is 39.3 Å². The van der Waals surface area contributed by atoms with Gasteiger partial charge in [0.25, 0.3) is 0 Å². The Hall–Kier alpha value is -1.27. The molecule has 0 saturated carbocycles. The molecule has 1 aromatic rings. The normalized spacial score (nSPS) is 16.3. The minimum Gasteiger partial charge on any atom is -0.450 e. The van der Waals surface area contributed by atoms with E-state index in [1.54, 1.807) is 13.0 Å². The smallest absolute Gasteiger partial charge is 0.413 e. The topological polar surface area (TPSA) is 83.7 Å². The van der Waals surface area contributed by atoms with Crippen LogP contribution < -0.4 is 5.32 Å². The number of thioether (sulfide) groups is 1. The molecule has 1 atom stereocenters. The first-order chi connectivity index (χ1) is 12.0. The van der Waals surface area contributed by atoms with Gasteiger partial charge in [0.1, 0.15) is 0 Å². The molecule has 1 N–H and O–H groups in total. The van der Waals surface area contributed by atoms with Crippen molar-refractivity contribution < 1.29 is 14.3 Å². The maximum atomic E-state index is 11.7. The number of rotatable bonds is 4. The van der Waals surface area contributed by atoms with Crippen LogP contribution in [0.15, 0.2) is 15.5 Å². The largest absolute Gasteiger partial charge is 0.450 e. The fourth-order valence-corrected chi connectivity index (χ4v) is 3.66. The summed E-state index contributed by atoms with van der Waals surface area (Å²) >= 11 is 11.3. The van der Waals surface area contributed by atoms with Gasteiger partial charge >= 0.3 is 6.09 Å². The first-order valence-corrected chi connectivity index (χ1v) is 9.82. The zero-order valence-corrected chi connectivity index (χ0v) is 16.9. The fraction of sp³-hybridized carbons (Fsp3) is 0.438. The second-order valence-corrected chi connectivity index (χ2v) is 7.37. The maximum absolute atomic E-state index is 11.7. The number of nitrogens with zero attached hydrogens (tertiary/aromatic N) is 2. The van der Waals surface area contributed by atoms with Crippen molar-refractivity contribution in [3.05, 3.63) is 26.7 Å². The molecule has 2 rings (SSSR count). The molecule has 0 spiro atoms. The number of benzene rings is 1. The summed E-state index contributed by atoms with van der Waals surface area (Å²) in [6, 6.07) is 3.92. The molecule has 1 aliphatic rings. The van der Waals surface area contributed by atoms with Crippen LogP contribution in [0.3, 0.4) is 0 Å². The van der Waals surface area contributed by atoms with Gasteiger partial charge in [-0.15, -0.1) is 0 Å². The van der Waals surface area contributed by atoms with Crippen LogP contribution in [-0.4, -0.2) is 23.6 Å². The first kappa shape index (κ1) is 20.0. The van der Waals surface area contributed by atoms with Crippen LogP contribution in [0.5, 0.6) is 0 Å². The number of fused-ring (bicyclic) bond motifs is 1. The summed E-state index contributed by atoms with van der Waals surface area (Å²) < 4.78 is 11.2. The fourth-order valence-electron chi connectivity index (χ4n) is 2.31. The molecular weight excluding hydrogens is 430 g/mol. The van der Waals surface area contributed by atoms with E-state index in [0.29, 0.717) is 27.0 Å². The van der Waals surface area contributed by atoms with Gasteiger partial charge in [0.05, 0.1) is 42.5 Å². The standard InChI is InChI=1S/C16H17BrClN3O3S/c1-3-23-16(22)21-15(25-4-2)20-11-7-9-10(13(17)14(11)18)8-24-12(9)5-6-19/h7,12H,3-5,8H2,1-2H3,(H,20,21,22). The lowest BCUT2D eigenvalue weighted by Crippen LogP contribution is -2.29. The lowest BCUT2D eigenvalue weighted by Gasteiger charge is -2.12. The molecule has 1 amide bonds. The number of hydrogen-bond donors (Lipinski definition) is 1. The Morgan fingerprint density at radius 2 is 2.40 bits per heavy atom. The van der Waals surface area contributed by atoms with E-state index in [-0.39, 0.29) is 19.1 Å². The Bertz CT molecular complexity index is 736. The van der Waals surface area contributed by atoms with E-state index in [1.807, 2.05) is 6.92 Å². The molecule has 1 aliphatic heterocycles. The molecule has 1 aromatic carbocycles. The summed E-state index contributed by atoms with van der Waals surface area (Å²) in [6.07, 6.45) is -0.617. The number of nitriles is 1. The van der Waals surface area contributed by atoms with Crippen molar-refractivity contribution in [1.82, 2.24) is 5.32 Å². The molecule has 9 heteroatoms. The zero-order chi connectivity index (χ0) is 18.4. The Labute approximate surface area is 164 Å². The van der Waals surface area contributed by atoms with Crippen molar-refractivity contribution in [1.29, 1.82) is 5.26 Å². The average molecular weight is 447 g/mol. The maximum Gasteiger partial charge on any atom is 0.413 e. The van der Waals surface area contributed by atoms with Gasteiger partial charge in [-0.3, -0.25) is 5.32 Å². The summed E-state index contributed by atoms with van der Waals surface area (Å²) in [5, 5.41) is 12.4. The van der Waals surface area contributed by atoms with Crippen molar-refractivity contribution in [3.8, 4) is 6.07 Å². The molecule has 0 bridgehead atoms. The highest BCUT2D eigenvalue weighted by molar-refractivity contribution is 9.10. The number of amides is 1. The monoisotopic (exact) mass is 445 g/mol. The molecule has 1 heterocycles. The lowest BCUT2D eigenvalue weighted by atomic mass is 10.0. The third kappa shape index (κ3) is 4.88. The Morgan fingerprint density at radius 3 is 3.04 bits per heavy atom. The highest BCUT2D eigenvalue weighted by atomic mass is 79.9. The molecule has 0 aromatic heterocycles. The Kier molecular flexibility index (Phi) is 7.56. The highest BCUT2D eigenvalue weighted by Crippen LogP contribution is 2.45. The predicted molar refractivity (Wildman–Crippen MR) is 102 cm³/mol. The number of aliphatic imine (C=N–C) groups is 1. The minimum atomic E-state index is -0.566. The molecule has 0 aliphatic carbocycles. The van der Waals surface area contributed by atoms with Crippen molar-refractivity contribution in [3.63, 3.8) is 0 Å². The van der Waals surface area contributed by atoms with E-state index in [1.165, 1.54) is 11.8 Å². The van der Waals surface area contributed by atoms with Gasteiger partial charge in [0.15, 0.2) is 5.17 Å². The van der Waals surface area contributed by atoms with E-state index >= 15 is 0 Å². The van der Waals surface area contributed by atoms with Crippen LogP contribution in [0, 0.1) is 11.3 Å². The average Bonchev–Trinajstić information content (AvgIpc) is 2.96. The first-order valence-electron chi connectivity index (χ1n) is 7.66. The Morgan fingerprint density at radius 1 is 1.64 bits per heavy atom. The van der Waals surface area contributed by atoms with Gasteiger partial charge < -0.3 is 9.47 Å². The number of carbonyl (C=O) groups is 1. The second kappa shape index (κ2) is 9.43. The number of carbonyl (C=O) groups excluding carboxylic acids is 1. The van der Waals surface area contributed by atoms with Gasteiger partial charge in [-0.25, -0.2) is 9.79 Å². The highest BCUT2D eigenvalue weighted by Gasteiger charge is 2.28. The van der Waals surface area contributed by atoms with Crippen LogP contribution in [-0.2, 0) is 16.1 Å². The molecule has 0 saturated heterocycles. The van der Waals surface area contributed by atoms with Gasteiger partial charge in [-0.1, -0.05) is 30.3 Å². The number of hydrogen-bond acceptors (Lipinski definition) is 6. The molecule has 0 radical (unpaired) electrons. The quantitative estimate of drug-likeness (QED) is 0.515. The molecular formula is C16H17BrClN3O3S. The van der Waals surface area contributed by atoms with E-state index in [4.69, 9.17) is 26.3 Å². The van der Waals surface area contributed by atoms with Crippen LogP contribution in [0.25, 0.3) is 0 Å². The summed E-state index contributed by atoms with van der Waals surface area (Å²) in [7, 11) is 0. The molecule has 134 valence electrons. The van der Waals surface area contributed by atoms with Gasteiger partial charge in [-0.2, -0.15) is 5.26 Å². The molecule has 25 heavy (non-hydrogen) atoms.